The van der Waals surface area contributed by atoms with E-state index in [1.165, 1.54) is 0 Å². The van der Waals surface area contributed by atoms with Gasteiger partial charge in [0.1, 0.15) is 5.75 Å². The summed E-state index contributed by atoms with van der Waals surface area (Å²) >= 11 is 0. The van der Waals surface area contributed by atoms with Gasteiger partial charge in [0.25, 0.3) is 5.89 Å². The number of aromatic hydroxyl groups is 1. The molecule has 1 N–H and O–H groups in total. The first-order chi connectivity index (χ1) is 9.65. The van der Waals surface area contributed by atoms with Crippen molar-refractivity contribution in [3.63, 3.8) is 0 Å². The van der Waals surface area contributed by atoms with E-state index in [4.69, 9.17) is 4.52 Å². The standard InChI is InChI=1S/C14H14N4O2/c1-9-10(2)18(8-15-9)7-13-16-14(20-17-13)11-5-3-4-6-12(11)19/h3-6,8,19H,7H2,1-2H3. The number of aryl methyl sites for hydroxylation is 1. The third kappa shape index (κ3) is 2.16. The second-order valence-electron chi connectivity index (χ2n) is 4.58. The summed E-state index contributed by atoms with van der Waals surface area (Å²) in [6, 6.07) is 6.87. The average molecular weight is 270 g/mol. The van der Waals surface area contributed by atoms with E-state index in [0.29, 0.717) is 23.8 Å². The second-order valence-corrected chi connectivity index (χ2v) is 4.58. The minimum Gasteiger partial charge on any atom is -0.507 e. The van der Waals surface area contributed by atoms with Gasteiger partial charge < -0.3 is 14.2 Å². The summed E-state index contributed by atoms with van der Waals surface area (Å²) in [5.41, 5.74) is 2.58. The molecule has 0 spiro atoms. The first-order valence-electron chi connectivity index (χ1n) is 6.24. The molecule has 2 heterocycles. The van der Waals surface area contributed by atoms with Gasteiger partial charge in [0.2, 0.25) is 0 Å². The van der Waals surface area contributed by atoms with Crippen LogP contribution < -0.4 is 0 Å². The van der Waals surface area contributed by atoms with E-state index >= 15 is 0 Å². The van der Waals surface area contributed by atoms with E-state index in [0.717, 1.165) is 11.4 Å². The summed E-state index contributed by atoms with van der Waals surface area (Å²) in [6.45, 7) is 4.44. The molecule has 0 saturated heterocycles. The van der Waals surface area contributed by atoms with Crippen molar-refractivity contribution < 1.29 is 9.63 Å². The van der Waals surface area contributed by atoms with Gasteiger partial charge in [-0.25, -0.2) is 4.98 Å². The third-order valence-electron chi connectivity index (χ3n) is 3.26. The smallest absolute Gasteiger partial charge is 0.261 e. The number of para-hydroxylation sites is 1. The van der Waals surface area contributed by atoms with Crippen LogP contribution in [-0.2, 0) is 6.54 Å². The fourth-order valence-electron chi connectivity index (χ4n) is 1.94. The van der Waals surface area contributed by atoms with Gasteiger partial charge in [-0.3, -0.25) is 0 Å². The first kappa shape index (κ1) is 12.4. The van der Waals surface area contributed by atoms with Crippen molar-refractivity contribution in [3.8, 4) is 17.2 Å². The van der Waals surface area contributed by atoms with Gasteiger partial charge in [0, 0.05) is 5.69 Å². The van der Waals surface area contributed by atoms with Crippen LogP contribution in [0.15, 0.2) is 35.1 Å². The predicted molar refractivity (Wildman–Crippen MR) is 72.2 cm³/mol. The average Bonchev–Trinajstić information content (AvgIpc) is 3.02. The highest BCUT2D eigenvalue weighted by Crippen LogP contribution is 2.26. The predicted octanol–water partition coefficient (Wildman–Crippen LogP) is 2.30. The summed E-state index contributed by atoms with van der Waals surface area (Å²) in [5, 5.41) is 13.7. The molecule has 0 atom stereocenters. The Hall–Kier alpha value is -2.63. The third-order valence-corrected chi connectivity index (χ3v) is 3.26. The Morgan fingerprint density at radius 2 is 2.05 bits per heavy atom. The zero-order chi connectivity index (χ0) is 14.1. The van der Waals surface area contributed by atoms with Crippen molar-refractivity contribution in [1.82, 2.24) is 19.7 Å². The summed E-state index contributed by atoms with van der Waals surface area (Å²) in [4.78, 5) is 8.53. The summed E-state index contributed by atoms with van der Waals surface area (Å²) in [6.07, 6.45) is 1.75. The topological polar surface area (TPSA) is 77.0 Å². The molecule has 0 aliphatic carbocycles. The minimum atomic E-state index is 0.123. The maximum absolute atomic E-state index is 9.77. The van der Waals surface area contributed by atoms with Gasteiger partial charge in [0.15, 0.2) is 5.82 Å². The molecule has 0 fully saturated rings. The number of aromatic nitrogens is 4. The Morgan fingerprint density at radius 1 is 1.25 bits per heavy atom. The lowest BCUT2D eigenvalue weighted by Crippen LogP contribution is -2.02. The van der Waals surface area contributed by atoms with Crippen molar-refractivity contribution in [1.29, 1.82) is 0 Å². The van der Waals surface area contributed by atoms with Crippen LogP contribution in [0.5, 0.6) is 5.75 Å². The van der Waals surface area contributed by atoms with Crippen molar-refractivity contribution in [3.05, 3.63) is 47.8 Å². The van der Waals surface area contributed by atoms with Crippen LogP contribution in [0.4, 0.5) is 0 Å². The molecule has 6 nitrogen and oxygen atoms in total. The molecule has 102 valence electrons. The quantitative estimate of drug-likeness (QED) is 0.790. The van der Waals surface area contributed by atoms with E-state index in [1.807, 2.05) is 24.5 Å². The number of imidazole rings is 1. The Kier molecular flexibility index (Phi) is 2.98. The normalized spacial score (nSPS) is 10.9. The summed E-state index contributed by atoms with van der Waals surface area (Å²) in [7, 11) is 0. The second kappa shape index (κ2) is 4.80. The Morgan fingerprint density at radius 3 is 2.75 bits per heavy atom. The van der Waals surface area contributed by atoms with Crippen LogP contribution in [0.2, 0.25) is 0 Å². The summed E-state index contributed by atoms with van der Waals surface area (Å²) < 4.78 is 7.15. The van der Waals surface area contributed by atoms with Crippen LogP contribution >= 0.6 is 0 Å². The molecule has 0 aliphatic heterocycles. The number of benzene rings is 1. The zero-order valence-corrected chi connectivity index (χ0v) is 11.2. The van der Waals surface area contributed by atoms with Crippen LogP contribution in [-0.4, -0.2) is 24.8 Å². The van der Waals surface area contributed by atoms with Gasteiger partial charge in [0.05, 0.1) is 24.1 Å². The van der Waals surface area contributed by atoms with E-state index in [-0.39, 0.29) is 5.75 Å². The number of phenolic OH excluding ortho intramolecular Hbond substituents is 1. The van der Waals surface area contributed by atoms with Gasteiger partial charge in [-0.05, 0) is 26.0 Å². The maximum atomic E-state index is 9.77. The fraction of sp³-hybridized carbons (Fsp3) is 0.214. The van der Waals surface area contributed by atoms with Crippen molar-refractivity contribution in [2.75, 3.05) is 0 Å². The highest BCUT2D eigenvalue weighted by molar-refractivity contribution is 5.61. The molecular formula is C14H14N4O2. The molecule has 2 aromatic heterocycles. The fourth-order valence-corrected chi connectivity index (χ4v) is 1.94. The van der Waals surface area contributed by atoms with E-state index in [1.54, 1.807) is 24.5 Å². The van der Waals surface area contributed by atoms with Crippen molar-refractivity contribution >= 4 is 0 Å². The molecule has 0 aliphatic rings. The molecule has 3 rings (SSSR count). The number of rotatable bonds is 3. The van der Waals surface area contributed by atoms with Crippen molar-refractivity contribution in [2.45, 2.75) is 20.4 Å². The molecule has 1 aromatic carbocycles. The molecule has 0 saturated carbocycles. The monoisotopic (exact) mass is 270 g/mol. The summed E-state index contributed by atoms with van der Waals surface area (Å²) in [5.74, 6) is 0.980. The Bertz CT molecular complexity index is 745. The first-order valence-corrected chi connectivity index (χ1v) is 6.24. The van der Waals surface area contributed by atoms with E-state index in [9.17, 15) is 5.11 Å². The molecule has 0 amide bonds. The Labute approximate surface area is 115 Å². The lowest BCUT2D eigenvalue weighted by Gasteiger charge is -2.00. The van der Waals surface area contributed by atoms with Crippen LogP contribution in [0.1, 0.15) is 17.2 Å². The Balaban J connectivity index is 1.88. The minimum absolute atomic E-state index is 0.123. The van der Waals surface area contributed by atoms with Gasteiger partial charge in [-0.1, -0.05) is 17.3 Å². The molecule has 0 bridgehead atoms. The zero-order valence-electron chi connectivity index (χ0n) is 11.2. The molecule has 3 aromatic rings. The lowest BCUT2D eigenvalue weighted by molar-refractivity contribution is 0.415. The highest BCUT2D eigenvalue weighted by Gasteiger charge is 2.13. The van der Waals surface area contributed by atoms with Gasteiger partial charge in [-0.2, -0.15) is 4.98 Å². The molecular weight excluding hydrogens is 256 g/mol. The lowest BCUT2D eigenvalue weighted by atomic mass is 10.2. The highest BCUT2D eigenvalue weighted by atomic mass is 16.5. The SMILES string of the molecule is Cc1ncn(Cc2noc(-c3ccccc3O)n2)c1C. The van der Waals surface area contributed by atoms with Crippen LogP contribution in [0.25, 0.3) is 11.5 Å². The van der Waals surface area contributed by atoms with Gasteiger partial charge >= 0.3 is 0 Å². The van der Waals surface area contributed by atoms with Crippen LogP contribution in [0, 0.1) is 13.8 Å². The maximum Gasteiger partial charge on any atom is 0.261 e. The molecule has 6 heteroatoms. The number of nitrogens with zero attached hydrogens (tertiary/aromatic N) is 4. The number of phenols is 1. The van der Waals surface area contributed by atoms with E-state index < -0.39 is 0 Å². The largest absolute Gasteiger partial charge is 0.507 e. The number of hydrogen-bond donors (Lipinski definition) is 1. The van der Waals surface area contributed by atoms with Crippen LogP contribution in [0.3, 0.4) is 0 Å². The van der Waals surface area contributed by atoms with E-state index in [2.05, 4.69) is 15.1 Å². The number of hydrogen-bond acceptors (Lipinski definition) is 5. The van der Waals surface area contributed by atoms with Gasteiger partial charge in [-0.15, -0.1) is 0 Å². The molecule has 0 radical (unpaired) electrons. The van der Waals surface area contributed by atoms with Crippen molar-refractivity contribution in [2.24, 2.45) is 0 Å². The molecule has 20 heavy (non-hydrogen) atoms. The molecule has 0 unspecified atom stereocenters.